The topological polar surface area (TPSA) is 47.3 Å². The molecule has 1 aliphatic heterocycles. The van der Waals surface area contributed by atoms with Crippen molar-refractivity contribution in [2.75, 3.05) is 0 Å². The molecule has 0 fully saturated rings. The number of aldehydes is 1. The molecule has 1 heterocycles. The number of benzene rings is 3. The maximum atomic E-state index is 11.7. The second-order valence-corrected chi connectivity index (χ2v) is 5.84. The van der Waals surface area contributed by atoms with Gasteiger partial charge in [-0.25, -0.2) is 0 Å². The first-order valence-corrected chi connectivity index (χ1v) is 7.69. The van der Waals surface area contributed by atoms with Gasteiger partial charge in [-0.1, -0.05) is 35.9 Å². The van der Waals surface area contributed by atoms with Crippen LogP contribution in [0.4, 0.5) is 0 Å². The van der Waals surface area contributed by atoms with E-state index in [9.17, 15) is 9.59 Å². The van der Waals surface area contributed by atoms with Gasteiger partial charge in [0.1, 0.15) is 11.3 Å². The van der Waals surface area contributed by atoms with Crippen LogP contribution < -0.4 is 5.43 Å². The third kappa shape index (κ3) is 2.22. The lowest BCUT2D eigenvalue weighted by molar-refractivity contribution is 0.112. The predicted molar refractivity (Wildman–Crippen MR) is 94.7 cm³/mol. The molecule has 3 nitrogen and oxygen atoms in total. The van der Waals surface area contributed by atoms with Crippen LogP contribution in [0, 0.1) is 6.92 Å². The van der Waals surface area contributed by atoms with Crippen molar-refractivity contribution in [2.45, 2.75) is 6.92 Å². The summed E-state index contributed by atoms with van der Waals surface area (Å²) in [6.07, 6.45) is 0.870. The number of carbonyl (C=O) groups excluding carboxylic acids is 1. The van der Waals surface area contributed by atoms with Crippen LogP contribution in [0.15, 0.2) is 69.9 Å². The van der Waals surface area contributed by atoms with Gasteiger partial charge in [0.2, 0.25) is 0 Å². The Hall–Kier alpha value is -3.20. The van der Waals surface area contributed by atoms with Crippen molar-refractivity contribution < 1.29 is 9.21 Å². The number of hydrogen-bond acceptors (Lipinski definition) is 3. The number of para-hydroxylation sites is 1. The number of fused-ring (bicyclic) bond motifs is 2. The van der Waals surface area contributed by atoms with Gasteiger partial charge in [0.05, 0.1) is 0 Å². The van der Waals surface area contributed by atoms with Crippen LogP contribution >= 0.6 is 0 Å². The first-order chi connectivity index (χ1) is 11.7. The molecule has 0 amide bonds. The summed E-state index contributed by atoms with van der Waals surface area (Å²) in [6.45, 7) is 1.96. The fourth-order valence-electron chi connectivity index (χ4n) is 3.12. The van der Waals surface area contributed by atoms with E-state index in [1.54, 1.807) is 6.07 Å². The van der Waals surface area contributed by atoms with Gasteiger partial charge in [0, 0.05) is 28.1 Å². The second kappa shape index (κ2) is 5.46. The third-order valence-corrected chi connectivity index (χ3v) is 4.20. The minimum atomic E-state index is -0.105. The molecule has 0 bridgehead atoms. The van der Waals surface area contributed by atoms with E-state index in [2.05, 4.69) is 0 Å². The zero-order valence-electron chi connectivity index (χ0n) is 13.1. The molecule has 2 aliphatic rings. The molecule has 0 unspecified atom stereocenters. The van der Waals surface area contributed by atoms with Crippen LogP contribution in [0.3, 0.4) is 0 Å². The molecule has 2 aromatic carbocycles. The monoisotopic (exact) mass is 314 g/mol. The molecule has 0 N–H and O–H groups in total. The SMILES string of the molecule is Cc1ccc(-c2c3ccc(=O)cc-3oc3ccccc23)c(C=O)c1. The highest BCUT2D eigenvalue weighted by molar-refractivity contribution is 6.05. The minimum absolute atomic E-state index is 0.105. The number of carbonyl (C=O) groups is 1. The van der Waals surface area contributed by atoms with E-state index in [1.807, 2.05) is 49.4 Å². The highest BCUT2D eigenvalue weighted by atomic mass is 16.3. The number of aryl methyl sites for hydroxylation is 1. The summed E-state index contributed by atoms with van der Waals surface area (Å²) in [6, 6.07) is 18.2. The van der Waals surface area contributed by atoms with E-state index >= 15 is 0 Å². The van der Waals surface area contributed by atoms with Gasteiger partial charge in [0.15, 0.2) is 11.7 Å². The molecule has 1 aliphatic carbocycles. The lowest BCUT2D eigenvalue weighted by atomic mass is 9.90. The van der Waals surface area contributed by atoms with E-state index in [0.717, 1.165) is 33.9 Å². The summed E-state index contributed by atoms with van der Waals surface area (Å²) in [4.78, 5) is 23.3. The van der Waals surface area contributed by atoms with Gasteiger partial charge < -0.3 is 4.42 Å². The first-order valence-electron chi connectivity index (χ1n) is 7.69. The highest BCUT2D eigenvalue weighted by Gasteiger charge is 2.18. The molecular weight excluding hydrogens is 300 g/mol. The van der Waals surface area contributed by atoms with Gasteiger partial charge in [-0.2, -0.15) is 0 Å². The molecule has 0 radical (unpaired) electrons. The summed E-state index contributed by atoms with van der Waals surface area (Å²) in [5, 5.41) is 0.913. The van der Waals surface area contributed by atoms with Gasteiger partial charge in [-0.3, -0.25) is 9.59 Å². The van der Waals surface area contributed by atoms with E-state index in [1.165, 1.54) is 12.1 Å². The maximum Gasteiger partial charge on any atom is 0.182 e. The van der Waals surface area contributed by atoms with Gasteiger partial charge >= 0.3 is 0 Å². The molecule has 3 heteroatoms. The van der Waals surface area contributed by atoms with Gasteiger partial charge in [0.25, 0.3) is 0 Å². The van der Waals surface area contributed by atoms with Crippen LogP contribution in [-0.2, 0) is 0 Å². The van der Waals surface area contributed by atoms with Crippen molar-refractivity contribution in [3.8, 4) is 22.5 Å². The van der Waals surface area contributed by atoms with Crippen LogP contribution in [0.2, 0.25) is 0 Å². The van der Waals surface area contributed by atoms with Crippen molar-refractivity contribution >= 4 is 17.3 Å². The minimum Gasteiger partial charge on any atom is -0.456 e. The van der Waals surface area contributed by atoms with Crippen molar-refractivity contribution in [1.82, 2.24) is 0 Å². The normalized spacial score (nSPS) is 11.0. The average Bonchev–Trinajstić information content (AvgIpc) is 2.59. The fraction of sp³-hybridized carbons (Fsp3) is 0.0476. The molecule has 0 saturated carbocycles. The zero-order valence-corrected chi connectivity index (χ0v) is 13.1. The molecule has 0 atom stereocenters. The molecule has 2 aromatic rings. The number of hydrogen-bond donors (Lipinski definition) is 0. The highest BCUT2D eigenvalue weighted by Crippen LogP contribution is 2.40. The summed E-state index contributed by atoms with van der Waals surface area (Å²) >= 11 is 0. The van der Waals surface area contributed by atoms with Gasteiger partial charge in [-0.15, -0.1) is 0 Å². The van der Waals surface area contributed by atoms with Crippen LogP contribution in [0.25, 0.3) is 33.4 Å². The van der Waals surface area contributed by atoms with Crippen LogP contribution in [0.1, 0.15) is 15.9 Å². The molecule has 4 rings (SSSR count). The Labute approximate surface area is 138 Å². The smallest absolute Gasteiger partial charge is 0.182 e. The van der Waals surface area contributed by atoms with Crippen molar-refractivity contribution in [2.24, 2.45) is 0 Å². The Morgan fingerprint density at radius 1 is 0.917 bits per heavy atom. The largest absolute Gasteiger partial charge is 0.456 e. The Kier molecular flexibility index (Phi) is 3.28. The Bertz CT molecular complexity index is 1110. The van der Waals surface area contributed by atoms with Crippen LogP contribution in [-0.4, -0.2) is 6.29 Å². The Morgan fingerprint density at radius 2 is 1.71 bits per heavy atom. The molecule has 0 saturated heterocycles. The quantitative estimate of drug-likeness (QED) is 0.398. The van der Waals surface area contributed by atoms with E-state index in [-0.39, 0.29) is 5.43 Å². The van der Waals surface area contributed by atoms with Gasteiger partial charge in [-0.05, 0) is 36.8 Å². The Balaban J connectivity index is 2.21. The Morgan fingerprint density at radius 3 is 2.54 bits per heavy atom. The van der Waals surface area contributed by atoms with Crippen molar-refractivity contribution in [3.05, 3.63) is 82.0 Å². The van der Waals surface area contributed by atoms with E-state index in [0.29, 0.717) is 16.9 Å². The molecular formula is C21H14O3. The molecule has 116 valence electrons. The van der Waals surface area contributed by atoms with E-state index < -0.39 is 0 Å². The zero-order chi connectivity index (χ0) is 16.7. The van der Waals surface area contributed by atoms with E-state index in [4.69, 9.17) is 4.42 Å². The second-order valence-electron chi connectivity index (χ2n) is 5.84. The fourth-order valence-corrected chi connectivity index (χ4v) is 3.12. The number of rotatable bonds is 2. The summed E-state index contributed by atoms with van der Waals surface area (Å²) < 4.78 is 5.90. The summed E-state index contributed by atoms with van der Waals surface area (Å²) in [5.41, 5.74) is 4.80. The van der Waals surface area contributed by atoms with Crippen molar-refractivity contribution in [3.63, 3.8) is 0 Å². The summed E-state index contributed by atoms with van der Waals surface area (Å²) in [7, 11) is 0. The lowest BCUT2D eigenvalue weighted by Crippen LogP contribution is -2.00. The van der Waals surface area contributed by atoms with Crippen LogP contribution in [0.5, 0.6) is 0 Å². The standard InChI is InChI=1S/C21H14O3/c1-13-6-8-16(14(10-13)12-22)21-17-4-2-3-5-19(17)24-20-11-15(23)7-9-18(20)21/h2-12H,1H3. The van der Waals surface area contributed by atoms with Crippen molar-refractivity contribution in [1.29, 1.82) is 0 Å². The molecule has 24 heavy (non-hydrogen) atoms. The lowest BCUT2D eigenvalue weighted by Gasteiger charge is -2.16. The third-order valence-electron chi connectivity index (χ3n) is 4.20. The predicted octanol–water partition coefficient (Wildman–Crippen LogP) is 4.69. The average molecular weight is 314 g/mol. The first kappa shape index (κ1) is 14.4. The molecule has 0 spiro atoms. The maximum absolute atomic E-state index is 11.7. The summed E-state index contributed by atoms with van der Waals surface area (Å²) in [5.74, 6) is 0.522. The molecule has 0 aromatic heterocycles.